The molecule has 0 radical (unpaired) electrons. The van der Waals surface area contributed by atoms with Crippen molar-refractivity contribution >= 4 is 12.2 Å². The Labute approximate surface area is 33.7 Å². The minimum absolute atomic E-state index is 0.0278. The number of rotatable bonds is 1. The van der Waals surface area contributed by atoms with Crippen LogP contribution in [0.5, 0.6) is 0 Å². The third kappa shape index (κ3) is 1.42. The topological polar surface area (TPSA) is 66.4 Å². The maximum absolute atomic E-state index is 9.45. The molecule has 0 aliphatic rings. The van der Waals surface area contributed by atoms with E-state index in [2.05, 4.69) is 0 Å². The third-order valence-electron chi connectivity index (χ3n) is 0.217. The number of aldehydes is 1. The second kappa shape index (κ2) is 2.34. The van der Waals surface area contributed by atoms with Crippen molar-refractivity contribution in [1.29, 1.82) is 0 Å². The summed E-state index contributed by atoms with van der Waals surface area (Å²) in [5.41, 5.74) is 1.11. The molecule has 0 aliphatic heterocycles. The molecule has 6 heavy (non-hydrogen) atoms. The smallest absolute Gasteiger partial charge is 0.292 e. The number of hydroxylamine groups is 1. The molecule has 0 saturated heterocycles. The summed E-state index contributed by atoms with van der Waals surface area (Å²) in [5.74, 6) is -1.03. The summed E-state index contributed by atoms with van der Waals surface area (Å²) in [4.78, 5) is 18.6. The van der Waals surface area contributed by atoms with Crippen LogP contribution in [0.3, 0.4) is 0 Å². The van der Waals surface area contributed by atoms with Crippen LogP contribution in [0.15, 0.2) is 0 Å². The van der Waals surface area contributed by atoms with Gasteiger partial charge in [-0.05, 0) is 0 Å². The zero-order valence-corrected chi connectivity index (χ0v) is 2.84. The molecule has 4 heteroatoms. The van der Waals surface area contributed by atoms with Crippen LogP contribution in [0.4, 0.5) is 0 Å². The van der Waals surface area contributed by atoms with E-state index in [1.165, 1.54) is 0 Å². The van der Waals surface area contributed by atoms with Gasteiger partial charge in [-0.3, -0.25) is 14.8 Å². The fraction of sp³-hybridized carbons (Fsp3) is 0. The van der Waals surface area contributed by atoms with Gasteiger partial charge in [0.2, 0.25) is 6.29 Å². The first-order valence-electron chi connectivity index (χ1n) is 1.20. The molecule has 0 aromatic carbocycles. The molecule has 34 valence electrons. The van der Waals surface area contributed by atoms with Crippen molar-refractivity contribution in [3.8, 4) is 0 Å². The lowest BCUT2D eigenvalue weighted by atomic mass is 10.7. The van der Waals surface area contributed by atoms with Gasteiger partial charge in [0.1, 0.15) is 0 Å². The van der Waals surface area contributed by atoms with E-state index in [0.717, 1.165) is 5.48 Å². The van der Waals surface area contributed by atoms with E-state index >= 15 is 0 Å². The first-order chi connectivity index (χ1) is 2.81. The Balaban J connectivity index is 3.23. The SMILES string of the molecule is O=CC(=O)NO. The van der Waals surface area contributed by atoms with Crippen LogP contribution < -0.4 is 5.48 Å². The first-order valence-corrected chi connectivity index (χ1v) is 1.20. The summed E-state index contributed by atoms with van der Waals surface area (Å²) in [6, 6.07) is 0. The van der Waals surface area contributed by atoms with Gasteiger partial charge in [-0.25, -0.2) is 5.48 Å². The largest absolute Gasteiger partial charge is 0.307 e. The highest BCUT2D eigenvalue weighted by Crippen LogP contribution is 1.42. The average molecular weight is 89.0 g/mol. The summed E-state index contributed by atoms with van der Waals surface area (Å²) < 4.78 is 0. The summed E-state index contributed by atoms with van der Waals surface area (Å²) in [6.45, 7) is 0. The van der Waals surface area contributed by atoms with E-state index in [1.54, 1.807) is 0 Å². The fourth-order valence-corrected chi connectivity index (χ4v) is 0.0264. The first kappa shape index (κ1) is 5.10. The van der Waals surface area contributed by atoms with Crippen molar-refractivity contribution in [2.24, 2.45) is 0 Å². The van der Waals surface area contributed by atoms with E-state index in [9.17, 15) is 4.79 Å². The number of carbonyl (C=O) groups is 2. The zero-order valence-electron chi connectivity index (χ0n) is 2.84. The van der Waals surface area contributed by atoms with Crippen LogP contribution in [0.25, 0.3) is 0 Å². The van der Waals surface area contributed by atoms with Crippen molar-refractivity contribution in [2.75, 3.05) is 0 Å². The fourth-order valence-electron chi connectivity index (χ4n) is 0.0264. The van der Waals surface area contributed by atoms with Gasteiger partial charge in [-0.1, -0.05) is 0 Å². The standard InChI is InChI=1S/C2H3NO3/c4-1-2(5)3-6/h1,6H,(H,3,5). The van der Waals surface area contributed by atoms with Gasteiger partial charge >= 0.3 is 5.91 Å². The normalized spacial score (nSPS) is 6.83. The van der Waals surface area contributed by atoms with Crippen molar-refractivity contribution < 1.29 is 14.8 Å². The molecule has 0 aliphatic carbocycles. The molecule has 2 N–H and O–H groups in total. The minimum atomic E-state index is -1.03. The monoisotopic (exact) mass is 89.0 g/mol. The number of hydrogen-bond donors (Lipinski definition) is 2. The van der Waals surface area contributed by atoms with Crippen molar-refractivity contribution in [3.63, 3.8) is 0 Å². The highest BCUT2D eigenvalue weighted by Gasteiger charge is 1.86. The van der Waals surface area contributed by atoms with Crippen LogP contribution in [-0.2, 0) is 9.59 Å². The predicted octanol–water partition coefficient (Wildman–Crippen LogP) is -1.31. The highest BCUT2D eigenvalue weighted by atomic mass is 16.5. The lowest BCUT2D eigenvalue weighted by molar-refractivity contribution is -0.137. The number of amides is 1. The van der Waals surface area contributed by atoms with Crippen LogP contribution in [0, 0.1) is 0 Å². The molecule has 1 amide bonds. The molecule has 0 atom stereocenters. The van der Waals surface area contributed by atoms with Crippen molar-refractivity contribution in [3.05, 3.63) is 0 Å². The lowest BCUT2D eigenvalue weighted by Gasteiger charge is -1.78. The van der Waals surface area contributed by atoms with E-state index in [4.69, 9.17) is 10.0 Å². The van der Waals surface area contributed by atoms with Gasteiger partial charge in [0.05, 0.1) is 0 Å². The molecule has 0 rings (SSSR count). The molecule has 0 aromatic rings. The quantitative estimate of drug-likeness (QED) is 0.181. The summed E-state index contributed by atoms with van der Waals surface area (Å²) in [5, 5.41) is 7.50. The molecule has 0 saturated carbocycles. The summed E-state index contributed by atoms with van der Waals surface area (Å²) in [6.07, 6.45) is -0.0278. The Kier molecular flexibility index (Phi) is 1.99. The van der Waals surface area contributed by atoms with Crippen LogP contribution >= 0.6 is 0 Å². The maximum Gasteiger partial charge on any atom is 0.307 e. The van der Waals surface area contributed by atoms with E-state index in [1.807, 2.05) is 0 Å². The van der Waals surface area contributed by atoms with E-state index in [0.29, 0.717) is 0 Å². The molecule has 0 spiro atoms. The molecule has 0 unspecified atom stereocenters. The lowest BCUT2D eigenvalue weighted by Crippen LogP contribution is -2.18. The number of hydrogen-bond acceptors (Lipinski definition) is 3. The van der Waals surface area contributed by atoms with E-state index in [-0.39, 0.29) is 6.29 Å². The second-order valence-electron chi connectivity index (χ2n) is 0.594. The molecular weight excluding hydrogens is 86.0 g/mol. The number of carbonyl (C=O) groups excluding carboxylic acids is 2. The minimum Gasteiger partial charge on any atom is -0.292 e. The van der Waals surface area contributed by atoms with Crippen LogP contribution in [0.2, 0.25) is 0 Å². The zero-order chi connectivity index (χ0) is 4.99. The molecule has 0 heterocycles. The maximum atomic E-state index is 9.45. The van der Waals surface area contributed by atoms with Gasteiger partial charge in [-0.15, -0.1) is 0 Å². The molecule has 0 fully saturated rings. The molecule has 0 aromatic heterocycles. The molecule has 4 nitrogen and oxygen atoms in total. The number of nitrogens with one attached hydrogen (secondary N) is 1. The Hall–Kier alpha value is -0.900. The van der Waals surface area contributed by atoms with Gasteiger partial charge in [-0.2, -0.15) is 0 Å². The summed E-state index contributed by atoms with van der Waals surface area (Å²) in [7, 11) is 0. The van der Waals surface area contributed by atoms with Gasteiger partial charge in [0.15, 0.2) is 0 Å². The third-order valence-corrected chi connectivity index (χ3v) is 0.217. The Bertz CT molecular complexity index is 69.2. The van der Waals surface area contributed by atoms with Crippen LogP contribution in [0.1, 0.15) is 0 Å². The Morgan fingerprint density at radius 1 is 1.83 bits per heavy atom. The van der Waals surface area contributed by atoms with Crippen molar-refractivity contribution in [1.82, 2.24) is 5.48 Å². The van der Waals surface area contributed by atoms with Gasteiger partial charge < -0.3 is 0 Å². The van der Waals surface area contributed by atoms with Gasteiger partial charge in [0, 0.05) is 0 Å². The molecule has 0 bridgehead atoms. The Morgan fingerprint density at radius 3 is 2.33 bits per heavy atom. The van der Waals surface area contributed by atoms with Crippen molar-refractivity contribution in [2.45, 2.75) is 0 Å². The van der Waals surface area contributed by atoms with Crippen LogP contribution in [-0.4, -0.2) is 17.4 Å². The molecular formula is C2H3NO3. The van der Waals surface area contributed by atoms with Gasteiger partial charge in [0.25, 0.3) is 0 Å². The highest BCUT2D eigenvalue weighted by molar-refractivity contribution is 6.23. The second-order valence-corrected chi connectivity index (χ2v) is 0.594. The summed E-state index contributed by atoms with van der Waals surface area (Å²) >= 11 is 0. The predicted molar refractivity (Wildman–Crippen MR) is 16.0 cm³/mol. The van der Waals surface area contributed by atoms with E-state index < -0.39 is 5.91 Å². The Morgan fingerprint density at radius 2 is 2.33 bits per heavy atom. The average Bonchev–Trinajstić information content (AvgIpc) is 1.65.